The number of rotatable bonds is 7. The predicted molar refractivity (Wildman–Crippen MR) is 141 cm³/mol. The van der Waals surface area contributed by atoms with Gasteiger partial charge in [0, 0.05) is 49.8 Å². The third-order valence-electron chi connectivity index (χ3n) is 7.18. The second-order valence-electron chi connectivity index (χ2n) is 9.38. The molecule has 2 aliphatic rings. The van der Waals surface area contributed by atoms with E-state index >= 15 is 0 Å². The molecule has 2 aromatic rings. The molecule has 1 aromatic heterocycles. The molecule has 6 N–H and O–H groups in total. The lowest BCUT2D eigenvalue weighted by atomic mass is 9.92. The Morgan fingerprint density at radius 3 is 2.44 bits per heavy atom. The molecule has 0 spiro atoms. The number of piperazine rings is 1. The van der Waals surface area contributed by atoms with E-state index in [2.05, 4.69) is 26.7 Å². The first kappa shape index (κ1) is 26.4. The molecule has 1 aromatic carbocycles. The quantitative estimate of drug-likeness (QED) is 0.487. The first-order chi connectivity index (χ1) is 17.2. The molecule has 0 saturated carbocycles. The van der Waals surface area contributed by atoms with Crippen molar-refractivity contribution in [2.75, 3.05) is 36.8 Å². The topological polar surface area (TPSA) is 148 Å². The maximum Gasteiger partial charge on any atom is 0.271 e. The van der Waals surface area contributed by atoms with Gasteiger partial charge >= 0.3 is 0 Å². The summed E-state index contributed by atoms with van der Waals surface area (Å²) in [6.45, 7) is 5.67. The first-order valence-corrected chi connectivity index (χ1v) is 12.8. The highest BCUT2D eigenvalue weighted by molar-refractivity contribution is 6.32. The number of halogens is 2. The van der Waals surface area contributed by atoms with Gasteiger partial charge in [-0.1, -0.05) is 42.3 Å². The Morgan fingerprint density at radius 2 is 1.81 bits per heavy atom. The predicted octanol–water partition coefficient (Wildman–Crippen LogP) is 1.88. The number of nitrogens with zero attached hydrogens (tertiary/aromatic N) is 5. The van der Waals surface area contributed by atoms with Gasteiger partial charge in [-0.3, -0.25) is 19.4 Å². The zero-order chi connectivity index (χ0) is 26.0. The number of aromatic nitrogens is 2. The van der Waals surface area contributed by atoms with Crippen LogP contribution in [0, 0.1) is 0 Å². The van der Waals surface area contributed by atoms with Gasteiger partial charge < -0.3 is 22.1 Å². The molecule has 2 aliphatic heterocycles. The Bertz CT molecular complexity index is 1120. The second-order valence-corrected chi connectivity index (χ2v) is 10.2. The summed E-state index contributed by atoms with van der Waals surface area (Å²) in [6.07, 6.45) is 2.53. The minimum absolute atomic E-state index is 0.0327. The van der Waals surface area contributed by atoms with Crippen molar-refractivity contribution in [3.05, 3.63) is 45.7 Å². The minimum atomic E-state index is -0.767. The summed E-state index contributed by atoms with van der Waals surface area (Å²) < 4.78 is 0. The van der Waals surface area contributed by atoms with Crippen LogP contribution in [0.5, 0.6) is 0 Å². The van der Waals surface area contributed by atoms with E-state index in [0.29, 0.717) is 36.9 Å². The zero-order valence-corrected chi connectivity index (χ0v) is 21.8. The van der Waals surface area contributed by atoms with Crippen molar-refractivity contribution < 1.29 is 9.59 Å². The Balaban J connectivity index is 1.45. The molecule has 10 nitrogen and oxygen atoms in total. The molecule has 2 amide bonds. The van der Waals surface area contributed by atoms with E-state index < -0.39 is 5.91 Å². The van der Waals surface area contributed by atoms with Gasteiger partial charge in [0.05, 0.1) is 6.04 Å². The zero-order valence-electron chi connectivity index (χ0n) is 20.2. The van der Waals surface area contributed by atoms with Crippen molar-refractivity contribution in [1.29, 1.82) is 0 Å². The highest BCUT2D eigenvalue weighted by atomic mass is 35.5. The fraction of sp³-hybridized carbons (Fsp3) is 0.500. The van der Waals surface area contributed by atoms with Crippen LogP contribution in [0.2, 0.25) is 10.2 Å². The van der Waals surface area contributed by atoms with Crippen LogP contribution in [0.15, 0.2) is 24.3 Å². The van der Waals surface area contributed by atoms with Crippen molar-refractivity contribution >= 4 is 46.7 Å². The number of anilines is 2. The SMILES string of the molecule is CC[C@H]1CN(c2nc(N)c(C(N)=O)nc2Cl)CCN1C1CCN(Cc2ccc(Cl)cc2)[C@H](C(N)=O)C1. The van der Waals surface area contributed by atoms with Crippen LogP contribution in [-0.2, 0) is 11.3 Å². The summed E-state index contributed by atoms with van der Waals surface area (Å²) in [5.41, 5.74) is 18.0. The maximum atomic E-state index is 12.4. The lowest BCUT2D eigenvalue weighted by Gasteiger charge is -2.49. The van der Waals surface area contributed by atoms with Crippen LogP contribution in [0.3, 0.4) is 0 Å². The van der Waals surface area contributed by atoms with E-state index in [0.717, 1.165) is 31.5 Å². The Labute approximate surface area is 220 Å². The van der Waals surface area contributed by atoms with Crippen molar-refractivity contribution in [3.8, 4) is 0 Å². The van der Waals surface area contributed by atoms with Gasteiger partial charge in [-0.25, -0.2) is 9.97 Å². The first-order valence-electron chi connectivity index (χ1n) is 12.1. The number of nitrogens with two attached hydrogens (primary N) is 3. The number of likely N-dealkylation sites (tertiary alicyclic amines) is 1. The Kier molecular flexibility index (Phi) is 8.19. The van der Waals surface area contributed by atoms with E-state index in [1.807, 2.05) is 29.2 Å². The van der Waals surface area contributed by atoms with Gasteiger partial charge in [-0.05, 0) is 37.0 Å². The van der Waals surface area contributed by atoms with Gasteiger partial charge in [-0.15, -0.1) is 0 Å². The van der Waals surface area contributed by atoms with E-state index in [-0.39, 0.29) is 40.7 Å². The lowest BCUT2D eigenvalue weighted by molar-refractivity contribution is -0.126. The second kappa shape index (κ2) is 11.2. The molecule has 4 rings (SSSR count). The molecule has 36 heavy (non-hydrogen) atoms. The summed E-state index contributed by atoms with van der Waals surface area (Å²) >= 11 is 12.4. The molecular formula is C24H32Cl2N8O2. The molecule has 0 bridgehead atoms. The molecule has 3 atom stereocenters. The number of hydrogen-bond acceptors (Lipinski definition) is 8. The van der Waals surface area contributed by atoms with E-state index in [1.54, 1.807) is 0 Å². The van der Waals surface area contributed by atoms with Crippen molar-refractivity contribution in [2.45, 2.75) is 50.9 Å². The van der Waals surface area contributed by atoms with Crippen LogP contribution in [-0.4, -0.2) is 75.9 Å². The third kappa shape index (κ3) is 5.67. The number of nitrogen functional groups attached to an aromatic ring is 1. The van der Waals surface area contributed by atoms with Crippen LogP contribution in [0.1, 0.15) is 42.2 Å². The Hall–Kier alpha value is -2.66. The number of primary amides is 2. The summed E-state index contributed by atoms with van der Waals surface area (Å²) in [7, 11) is 0. The van der Waals surface area contributed by atoms with E-state index in [1.165, 1.54) is 0 Å². The Morgan fingerprint density at radius 1 is 1.08 bits per heavy atom. The summed E-state index contributed by atoms with van der Waals surface area (Å²) in [6, 6.07) is 7.80. The number of carbonyl (C=O) groups excluding carboxylic acids is 2. The summed E-state index contributed by atoms with van der Waals surface area (Å²) in [5, 5.41) is 0.790. The molecule has 194 valence electrons. The van der Waals surface area contributed by atoms with Gasteiger partial charge in [0.1, 0.15) is 0 Å². The van der Waals surface area contributed by atoms with Crippen LogP contribution in [0.25, 0.3) is 0 Å². The van der Waals surface area contributed by atoms with Gasteiger partial charge in [-0.2, -0.15) is 0 Å². The highest BCUT2D eigenvalue weighted by Crippen LogP contribution is 2.31. The number of amides is 2. The number of benzene rings is 1. The molecule has 3 heterocycles. The molecular weight excluding hydrogens is 503 g/mol. The molecule has 0 aliphatic carbocycles. The van der Waals surface area contributed by atoms with E-state index in [4.69, 9.17) is 40.4 Å². The summed E-state index contributed by atoms with van der Waals surface area (Å²) in [4.78, 5) is 39.0. The van der Waals surface area contributed by atoms with Gasteiger partial charge in [0.25, 0.3) is 5.91 Å². The van der Waals surface area contributed by atoms with Crippen LogP contribution >= 0.6 is 23.2 Å². The molecule has 12 heteroatoms. The molecule has 2 fully saturated rings. The van der Waals surface area contributed by atoms with Crippen molar-refractivity contribution in [3.63, 3.8) is 0 Å². The standard InChI is InChI=1S/C24H32Cl2N8O2/c1-2-16-13-33(24-20(26)30-19(23(29)36)21(27)31-24)9-10-34(16)17-7-8-32(18(11-17)22(28)35)12-14-3-5-15(25)6-4-14/h3-6,16-18H,2,7-13H2,1H3,(H2,27,31)(H2,28,35)(H2,29,36)/t16-,17?,18-/m0/s1. The monoisotopic (exact) mass is 534 g/mol. The van der Waals surface area contributed by atoms with Gasteiger partial charge in [0.2, 0.25) is 5.91 Å². The maximum absolute atomic E-state index is 12.4. The van der Waals surface area contributed by atoms with Gasteiger partial charge in [0.15, 0.2) is 22.5 Å². The average molecular weight is 535 g/mol. The smallest absolute Gasteiger partial charge is 0.271 e. The molecule has 2 saturated heterocycles. The molecule has 0 radical (unpaired) electrons. The normalized spacial score (nSPS) is 23.5. The minimum Gasteiger partial charge on any atom is -0.382 e. The molecule has 1 unspecified atom stereocenters. The highest BCUT2D eigenvalue weighted by Gasteiger charge is 2.39. The van der Waals surface area contributed by atoms with E-state index in [9.17, 15) is 9.59 Å². The fourth-order valence-corrected chi connectivity index (χ4v) is 5.69. The number of carbonyl (C=O) groups is 2. The number of hydrogen-bond donors (Lipinski definition) is 3. The third-order valence-corrected chi connectivity index (χ3v) is 7.68. The number of piperidine rings is 1. The van der Waals surface area contributed by atoms with Crippen molar-refractivity contribution in [2.24, 2.45) is 11.5 Å². The van der Waals surface area contributed by atoms with Crippen LogP contribution < -0.4 is 22.1 Å². The fourth-order valence-electron chi connectivity index (χ4n) is 5.31. The van der Waals surface area contributed by atoms with Crippen molar-refractivity contribution in [1.82, 2.24) is 19.8 Å². The lowest BCUT2D eigenvalue weighted by Crippen LogP contribution is -2.61. The largest absolute Gasteiger partial charge is 0.382 e. The average Bonchev–Trinajstić information content (AvgIpc) is 2.86. The summed E-state index contributed by atoms with van der Waals surface area (Å²) in [5.74, 6) is -0.650. The van der Waals surface area contributed by atoms with Crippen LogP contribution in [0.4, 0.5) is 11.6 Å².